The largest absolute Gasteiger partial charge is 0.337 e. The van der Waals surface area contributed by atoms with E-state index in [9.17, 15) is 5.26 Å². The number of halogens is 2. The zero-order chi connectivity index (χ0) is 20.7. The number of benzene rings is 2. The molecule has 0 spiro atoms. The van der Waals surface area contributed by atoms with Crippen LogP contribution in [-0.2, 0) is 0 Å². The maximum absolute atomic E-state index is 9.75. The Kier molecular flexibility index (Phi) is 4.96. The summed E-state index contributed by atoms with van der Waals surface area (Å²) in [6, 6.07) is 15.8. The number of nitrogens with zero attached hydrogens (tertiary/aromatic N) is 3. The third-order valence-electron chi connectivity index (χ3n) is 4.94. The summed E-state index contributed by atoms with van der Waals surface area (Å²) in [5.74, 6) is 0.562. The summed E-state index contributed by atoms with van der Waals surface area (Å²) in [4.78, 5) is 7.83. The van der Waals surface area contributed by atoms with E-state index in [0.29, 0.717) is 21.4 Å². The molecule has 0 aliphatic carbocycles. The second-order valence-electron chi connectivity index (χ2n) is 7.04. The maximum atomic E-state index is 9.75. The van der Waals surface area contributed by atoms with Crippen molar-refractivity contribution in [1.29, 1.82) is 5.26 Å². The van der Waals surface area contributed by atoms with Gasteiger partial charge in [-0.25, -0.2) is 4.98 Å². The van der Waals surface area contributed by atoms with Crippen LogP contribution in [0, 0.1) is 32.1 Å². The summed E-state index contributed by atoms with van der Waals surface area (Å²) in [7, 11) is 0. The van der Waals surface area contributed by atoms with E-state index >= 15 is 0 Å². The smallest absolute Gasteiger partial charge is 0.149 e. The van der Waals surface area contributed by atoms with Crippen molar-refractivity contribution in [3.05, 3.63) is 80.8 Å². The molecule has 6 heteroatoms. The Bertz CT molecular complexity index is 1320. The number of H-pyrrole nitrogens is 1. The Morgan fingerprint density at radius 2 is 1.86 bits per heavy atom. The molecule has 4 nitrogen and oxygen atoms in total. The van der Waals surface area contributed by atoms with Crippen molar-refractivity contribution >= 4 is 45.9 Å². The van der Waals surface area contributed by atoms with Gasteiger partial charge in [0, 0.05) is 17.1 Å². The molecule has 0 atom stereocenters. The number of nitrogens with one attached hydrogen (secondary N) is 1. The number of aryl methyl sites for hydroxylation is 2. The lowest BCUT2D eigenvalue weighted by Crippen LogP contribution is -1.99. The summed E-state index contributed by atoms with van der Waals surface area (Å²) in [5.41, 5.74) is 7.28. The highest BCUT2D eigenvalue weighted by atomic mass is 35.5. The molecule has 2 aromatic carbocycles. The summed E-state index contributed by atoms with van der Waals surface area (Å²) in [6.07, 6.45) is 1.86. The van der Waals surface area contributed by atoms with Crippen molar-refractivity contribution in [2.45, 2.75) is 20.8 Å². The van der Waals surface area contributed by atoms with Crippen LogP contribution in [0.25, 0.3) is 28.4 Å². The van der Waals surface area contributed by atoms with Gasteiger partial charge in [0.05, 0.1) is 26.7 Å². The normalized spacial score (nSPS) is 11.8. The molecule has 0 aliphatic rings. The number of aromatic nitrogens is 3. The fourth-order valence-electron chi connectivity index (χ4n) is 3.52. The molecule has 0 amide bonds. The van der Waals surface area contributed by atoms with E-state index in [1.54, 1.807) is 6.07 Å². The summed E-state index contributed by atoms with van der Waals surface area (Å²) in [5, 5.41) is 10.8. The third kappa shape index (κ3) is 3.55. The molecule has 0 fully saturated rings. The monoisotopic (exact) mass is 420 g/mol. The first-order chi connectivity index (χ1) is 13.9. The van der Waals surface area contributed by atoms with Crippen LogP contribution in [0.15, 0.2) is 42.5 Å². The van der Waals surface area contributed by atoms with Crippen molar-refractivity contribution in [3.8, 4) is 11.8 Å². The van der Waals surface area contributed by atoms with Crippen molar-refractivity contribution in [3.63, 3.8) is 0 Å². The molecule has 0 saturated carbocycles. The Labute approximate surface area is 179 Å². The number of aromatic amines is 1. The van der Waals surface area contributed by atoms with Gasteiger partial charge in [0.2, 0.25) is 0 Å². The lowest BCUT2D eigenvalue weighted by Gasteiger charge is -2.10. The quantitative estimate of drug-likeness (QED) is 0.377. The fraction of sp³-hybridized carbons (Fsp3) is 0.130. The average Bonchev–Trinajstić information content (AvgIpc) is 3.22. The zero-order valence-corrected chi connectivity index (χ0v) is 17.7. The molecular weight excluding hydrogens is 403 g/mol. The summed E-state index contributed by atoms with van der Waals surface area (Å²) < 4.78 is 2.09. The standard InChI is InChI=1S/C23H18Cl2N4/c1-13-4-7-21-22(8-13)28-23(27-21)17(12-26)10-16-9-14(2)29(15(16)3)18-5-6-19(24)20(25)11-18/h4-11H,1-3H3,(H,27,28)/b17-10+. The van der Waals surface area contributed by atoms with Gasteiger partial charge in [0.25, 0.3) is 0 Å². The van der Waals surface area contributed by atoms with Crippen molar-refractivity contribution in [2.75, 3.05) is 0 Å². The molecular formula is C23H18Cl2N4. The van der Waals surface area contributed by atoms with Crippen molar-refractivity contribution in [2.24, 2.45) is 0 Å². The first-order valence-corrected chi connectivity index (χ1v) is 9.86. The number of imidazole rings is 1. The van der Waals surface area contributed by atoms with Gasteiger partial charge in [0.15, 0.2) is 0 Å². The van der Waals surface area contributed by atoms with Crippen LogP contribution in [-0.4, -0.2) is 14.5 Å². The lowest BCUT2D eigenvalue weighted by molar-refractivity contribution is 0.965. The van der Waals surface area contributed by atoms with Gasteiger partial charge in [-0.05, 0) is 74.4 Å². The van der Waals surface area contributed by atoms with Crippen molar-refractivity contribution < 1.29 is 0 Å². The highest BCUT2D eigenvalue weighted by molar-refractivity contribution is 6.42. The van der Waals surface area contributed by atoms with E-state index in [4.69, 9.17) is 23.2 Å². The van der Waals surface area contributed by atoms with Crippen LogP contribution in [0.4, 0.5) is 0 Å². The predicted octanol–water partition coefficient (Wildman–Crippen LogP) is 6.65. The molecule has 144 valence electrons. The second-order valence-corrected chi connectivity index (χ2v) is 7.85. The van der Waals surface area contributed by atoms with Gasteiger partial charge < -0.3 is 9.55 Å². The summed E-state index contributed by atoms with van der Waals surface area (Å²) >= 11 is 12.3. The van der Waals surface area contributed by atoms with E-state index in [1.807, 2.05) is 63.2 Å². The molecule has 4 aromatic rings. The number of allylic oxidation sites excluding steroid dienone is 1. The van der Waals surface area contributed by atoms with Crippen LogP contribution in [0.5, 0.6) is 0 Å². The Hall–Kier alpha value is -3.00. The molecule has 29 heavy (non-hydrogen) atoms. The topological polar surface area (TPSA) is 57.4 Å². The van der Waals surface area contributed by atoms with Gasteiger partial charge >= 0.3 is 0 Å². The Morgan fingerprint density at radius 3 is 2.59 bits per heavy atom. The zero-order valence-electron chi connectivity index (χ0n) is 16.2. The lowest BCUT2D eigenvalue weighted by atomic mass is 10.1. The maximum Gasteiger partial charge on any atom is 0.149 e. The molecule has 2 aromatic heterocycles. The third-order valence-corrected chi connectivity index (χ3v) is 5.68. The SMILES string of the molecule is Cc1ccc2nc(/C(C#N)=C/c3cc(C)n(-c4ccc(Cl)c(Cl)c4)c3C)[nH]c2c1. The molecule has 0 aliphatic heterocycles. The van der Waals surface area contributed by atoms with Crippen LogP contribution in [0.2, 0.25) is 10.0 Å². The minimum atomic E-state index is 0.480. The first kappa shape index (κ1) is 19.3. The highest BCUT2D eigenvalue weighted by Gasteiger charge is 2.14. The predicted molar refractivity (Wildman–Crippen MR) is 120 cm³/mol. The van der Waals surface area contributed by atoms with E-state index in [1.165, 1.54) is 0 Å². The number of fused-ring (bicyclic) bond motifs is 1. The second kappa shape index (κ2) is 7.44. The molecule has 0 unspecified atom stereocenters. The van der Waals surface area contributed by atoms with Gasteiger partial charge in [-0.3, -0.25) is 0 Å². The minimum absolute atomic E-state index is 0.480. The first-order valence-electron chi connectivity index (χ1n) is 9.10. The number of nitriles is 1. The fourth-order valence-corrected chi connectivity index (χ4v) is 3.81. The highest BCUT2D eigenvalue weighted by Crippen LogP contribution is 2.29. The molecule has 0 saturated heterocycles. The van der Waals surface area contributed by atoms with Crippen LogP contribution in [0.1, 0.15) is 28.3 Å². The average molecular weight is 421 g/mol. The van der Waals surface area contributed by atoms with E-state index in [-0.39, 0.29) is 0 Å². The molecule has 0 bridgehead atoms. The molecule has 4 rings (SSSR count). The van der Waals surface area contributed by atoms with Gasteiger partial charge in [0.1, 0.15) is 11.9 Å². The van der Waals surface area contributed by atoms with E-state index < -0.39 is 0 Å². The van der Waals surface area contributed by atoms with Crippen LogP contribution < -0.4 is 0 Å². The Morgan fingerprint density at radius 1 is 1.07 bits per heavy atom. The Balaban J connectivity index is 1.80. The summed E-state index contributed by atoms with van der Waals surface area (Å²) in [6.45, 7) is 6.06. The number of hydrogen-bond acceptors (Lipinski definition) is 2. The van der Waals surface area contributed by atoms with Crippen LogP contribution in [0.3, 0.4) is 0 Å². The molecule has 1 N–H and O–H groups in total. The molecule has 0 radical (unpaired) electrons. The van der Waals surface area contributed by atoms with Crippen molar-refractivity contribution in [1.82, 2.24) is 14.5 Å². The van der Waals surface area contributed by atoms with Gasteiger partial charge in [-0.15, -0.1) is 0 Å². The minimum Gasteiger partial charge on any atom is -0.337 e. The van der Waals surface area contributed by atoms with E-state index in [0.717, 1.165) is 39.2 Å². The number of hydrogen-bond donors (Lipinski definition) is 1. The van der Waals surface area contributed by atoms with E-state index in [2.05, 4.69) is 20.6 Å². The number of rotatable bonds is 3. The van der Waals surface area contributed by atoms with Gasteiger partial charge in [-0.2, -0.15) is 5.26 Å². The van der Waals surface area contributed by atoms with Gasteiger partial charge in [-0.1, -0.05) is 29.3 Å². The van der Waals surface area contributed by atoms with Crippen LogP contribution >= 0.6 is 23.2 Å². The molecule has 2 heterocycles.